The van der Waals surface area contributed by atoms with Crippen LogP contribution in [0.15, 0.2) is 84.9 Å². The summed E-state index contributed by atoms with van der Waals surface area (Å²) in [5.41, 5.74) is 0.982. The van der Waals surface area contributed by atoms with E-state index >= 15 is 0 Å². The lowest BCUT2D eigenvalue weighted by molar-refractivity contribution is -0.307. The van der Waals surface area contributed by atoms with Crippen molar-refractivity contribution in [2.45, 2.75) is 69.2 Å². The molecule has 2 aliphatic heterocycles. The molecule has 2 heterocycles. The lowest BCUT2D eigenvalue weighted by Gasteiger charge is -2.49. The Bertz CT molecular complexity index is 1310. The van der Waals surface area contributed by atoms with Gasteiger partial charge in [0.15, 0.2) is 5.79 Å². The third-order valence-electron chi connectivity index (χ3n) is 8.66. The van der Waals surface area contributed by atoms with Crippen LogP contribution in [-0.2, 0) is 20.4 Å². The Morgan fingerprint density at radius 2 is 1.58 bits per heavy atom. The Morgan fingerprint density at radius 1 is 0.977 bits per heavy atom. The van der Waals surface area contributed by atoms with Gasteiger partial charge in [0.2, 0.25) is 0 Å². The van der Waals surface area contributed by atoms with Gasteiger partial charge in [0, 0.05) is 32.2 Å². The molecular formula is C34H43NO6SSi. The first-order valence-corrected chi connectivity index (χ1v) is 17.7. The second-order valence-electron chi connectivity index (χ2n) is 12.4. The van der Waals surface area contributed by atoms with E-state index in [1.807, 2.05) is 41.3 Å². The minimum absolute atomic E-state index is 0.0268. The molecule has 2 saturated heterocycles. The topological polar surface area (TPSA) is 77.5 Å². The average Bonchev–Trinajstić information content (AvgIpc) is 3.38. The van der Waals surface area contributed by atoms with Crippen LogP contribution in [0.1, 0.15) is 39.2 Å². The predicted octanol–water partition coefficient (Wildman–Crippen LogP) is 5.19. The van der Waals surface area contributed by atoms with Crippen molar-refractivity contribution >= 4 is 35.7 Å². The number of aliphatic hydroxyl groups excluding tert-OH is 1. The van der Waals surface area contributed by atoms with Crippen LogP contribution in [0.2, 0.25) is 5.04 Å². The number of carbonyl (C=O) groups is 1. The van der Waals surface area contributed by atoms with Crippen LogP contribution in [-0.4, -0.2) is 74.2 Å². The summed E-state index contributed by atoms with van der Waals surface area (Å²) in [6.07, 6.45) is -0.384. The molecule has 9 heteroatoms. The number of nitrogens with zero attached hydrogens (tertiary/aromatic N) is 1. The summed E-state index contributed by atoms with van der Waals surface area (Å²) in [6.45, 7) is 7.44. The summed E-state index contributed by atoms with van der Waals surface area (Å²) >= 11 is 1.26. The molecule has 0 aromatic heterocycles. The van der Waals surface area contributed by atoms with Crippen LogP contribution in [0.5, 0.6) is 5.75 Å². The van der Waals surface area contributed by atoms with Crippen LogP contribution >= 0.6 is 11.8 Å². The highest BCUT2D eigenvalue weighted by atomic mass is 32.2. The minimum atomic E-state index is -2.81. The van der Waals surface area contributed by atoms with Gasteiger partial charge in [-0.05, 0) is 33.1 Å². The van der Waals surface area contributed by atoms with Crippen molar-refractivity contribution in [3.63, 3.8) is 0 Å². The highest BCUT2D eigenvalue weighted by Gasteiger charge is 2.55. The lowest BCUT2D eigenvalue weighted by Crippen LogP contribution is -2.67. The molecule has 7 nitrogen and oxygen atoms in total. The highest BCUT2D eigenvalue weighted by Crippen LogP contribution is 2.42. The van der Waals surface area contributed by atoms with Crippen LogP contribution in [0.4, 0.5) is 4.79 Å². The smallest absolute Gasteiger partial charge is 0.282 e. The fraction of sp³-hybridized carbons (Fsp3) is 0.441. The Kier molecular flexibility index (Phi) is 9.70. The molecule has 1 amide bonds. The van der Waals surface area contributed by atoms with E-state index in [1.54, 1.807) is 14.2 Å². The molecule has 1 N–H and O–H groups in total. The van der Waals surface area contributed by atoms with Crippen molar-refractivity contribution < 1.29 is 28.5 Å². The van der Waals surface area contributed by atoms with Gasteiger partial charge in [0.25, 0.3) is 13.6 Å². The first kappa shape index (κ1) is 31.8. The normalized spacial score (nSPS) is 24.7. The third-order valence-corrected chi connectivity index (χ3v) is 14.6. The monoisotopic (exact) mass is 621 g/mol. The fourth-order valence-electron chi connectivity index (χ4n) is 6.57. The van der Waals surface area contributed by atoms with E-state index < -0.39 is 26.3 Å². The van der Waals surface area contributed by atoms with Crippen LogP contribution < -0.4 is 15.1 Å². The third kappa shape index (κ3) is 6.43. The van der Waals surface area contributed by atoms with E-state index in [1.165, 1.54) is 22.1 Å². The summed E-state index contributed by atoms with van der Waals surface area (Å²) in [7, 11) is 0.433. The number of hydrogen-bond acceptors (Lipinski definition) is 7. The largest absolute Gasteiger partial charge is 0.497 e. The van der Waals surface area contributed by atoms with E-state index in [2.05, 4.69) is 69.3 Å². The number of aliphatic hydroxyl groups is 1. The number of hydrogen-bond donors (Lipinski definition) is 1. The fourth-order valence-corrected chi connectivity index (χ4v) is 12.3. The van der Waals surface area contributed by atoms with Gasteiger partial charge >= 0.3 is 0 Å². The van der Waals surface area contributed by atoms with Crippen molar-refractivity contribution in [2.75, 3.05) is 26.6 Å². The molecule has 0 spiro atoms. The number of ether oxygens (including phenoxy) is 3. The van der Waals surface area contributed by atoms with Crippen molar-refractivity contribution in [1.82, 2.24) is 4.90 Å². The number of thioether (sulfide) groups is 1. The van der Waals surface area contributed by atoms with Crippen molar-refractivity contribution in [3.8, 4) is 5.75 Å². The van der Waals surface area contributed by atoms with Gasteiger partial charge in [0.05, 0.1) is 32.0 Å². The van der Waals surface area contributed by atoms with Crippen molar-refractivity contribution in [2.24, 2.45) is 0 Å². The highest BCUT2D eigenvalue weighted by molar-refractivity contribution is 8.13. The SMILES string of the molecule is COc1ccc(CN2C(=O)SC[C@H]2[C@@]2(OC)C[C@@H](O)C[C@@H](CO[Si](c3ccccc3)(c3ccccc3)C(C)(C)C)O2)cc1. The number of benzene rings is 3. The molecule has 0 bridgehead atoms. The maximum absolute atomic E-state index is 13.1. The Balaban J connectivity index is 1.42. The average molecular weight is 622 g/mol. The van der Waals surface area contributed by atoms with Crippen LogP contribution in [0.25, 0.3) is 0 Å². The zero-order chi connectivity index (χ0) is 30.7. The van der Waals surface area contributed by atoms with Crippen molar-refractivity contribution in [3.05, 3.63) is 90.5 Å². The van der Waals surface area contributed by atoms with Crippen LogP contribution in [0, 0.1) is 0 Å². The van der Waals surface area contributed by atoms with E-state index in [4.69, 9.17) is 18.6 Å². The summed E-state index contributed by atoms with van der Waals surface area (Å²) in [5, 5.41) is 13.4. The second kappa shape index (κ2) is 13.1. The van der Waals surface area contributed by atoms with E-state index in [0.29, 0.717) is 25.3 Å². The maximum Gasteiger partial charge on any atom is 0.282 e. The summed E-state index contributed by atoms with van der Waals surface area (Å²) in [4.78, 5) is 14.9. The standard InChI is InChI=1S/C34H43NO6SSi/c1-33(2,3)43(29-12-8-6-9-13-29,30-14-10-7-11-15-30)40-23-28-20-26(36)21-34(39-5,41-28)31-24-42-32(37)35(31)22-25-16-18-27(38-4)19-17-25/h6-19,26,28,31,36H,20-24H2,1-5H3/t26-,28-,31-,34+/m0/s1. The zero-order valence-corrected chi connectivity index (χ0v) is 27.5. The van der Waals surface area contributed by atoms with Gasteiger partial charge in [-0.15, -0.1) is 0 Å². The molecule has 3 aromatic rings. The van der Waals surface area contributed by atoms with Gasteiger partial charge < -0.3 is 28.6 Å². The molecule has 0 aliphatic carbocycles. The molecule has 0 saturated carbocycles. The van der Waals surface area contributed by atoms with Crippen LogP contribution in [0.3, 0.4) is 0 Å². The molecule has 5 rings (SSSR count). The van der Waals surface area contributed by atoms with Gasteiger partial charge in [-0.2, -0.15) is 0 Å². The van der Waals surface area contributed by atoms with Crippen molar-refractivity contribution in [1.29, 1.82) is 0 Å². The number of carbonyl (C=O) groups excluding carboxylic acids is 1. The number of rotatable bonds is 10. The summed E-state index contributed by atoms with van der Waals surface area (Å²) < 4.78 is 25.4. The summed E-state index contributed by atoms with van der Waals surface area (Å²) in [5.74, 6) is 0.110. The quantitative estimate of drug-likeness (QED) is 0.312. The Labute approximate surface area is 260 Å². The maximum atomic E-state index is 13.1. The lowest BCUT2D eigenvalue weighted by atomic mass is 9.92. The first-order chi connectivity index (χ1) is 20.6. The van der Waals surface area contributed by atoms with Gasteiger partial charge in [-0.1, -0.05) is 105 Å². The molecule has 4 atom stereocenters. The van der Waals surface area contributed by atoms with Gasteiger partial charge in [0.1, 0.15) is 5.75 Å². The van der Waals surface area contributed by atoms with Gasteiger partial charge in [-0.3, -0.25) is 4.79 Å². The predicted molar refractivity (Wildman–Crippen MR) is 174 cm³/mol. The number of amides is 1. The molecular weight excluding hydrogens is 579 g/mol. The first-order valence-electron chi connectivity index (χ1n) is 14.8. The molecule has 43 heavy (non-hydrogen) atoms. The molecule has 0 radical (unpaired) electrons. The zero-order valence-electron chi connectivity index (χ0n) is 25.7. The molecule has 2 fully saturated rings. The van der Waals surface area contributed by atoms with Gasteiger partial charge in [-0.25, -0.2) is 0 Å². The minimum Gasteiger partial charge on any atom is -0.497 e. The van der Waals surface area contributed by atoms with E-state index in [-0.39, 0.29) is 22.7 Å². The molecule has 0 unspecified atom stereocenters. The Morgan fingerprint density at radius 3 is 2.12 bits per heavy atom. The Hall–Kier alpha value is -2.66. The summed E-state index contributed by atoms with van der Waals surface area (Å²) in [6, 6.07) is 28.3. The van der Waals surface area contributed by atoms with E-state index in [0.717, 1.165) is 11.3 Å². The number of methoxy groups -OCH3 is 2. The molecule has 2 aliphatic rings. The second-order valence-corrected chi connectivity index (χ2v) is 17.7. The van der Waals surface area contributed by atoms with E-state index in [9.17, 15) is 9.90 Å². The molecule has 230 valence electrons. The molecule has 3 aromatic carbocycles.